The Kier molecular flexibility index (Phi) is 5.44. The van der Waals surface area contributed by atoms with Crippen molar-refractivity contribution in [1.82, 2.24) is 24.9 Å². The highest BCUT2D eigenvalue weighted by Crippen LogP contribution is 2.51. The number of pyridine rings is 1. The number of piperidine rings is 1. The van der Waals surface area contributed by atoms with E-state index in [1.54, 1.807) is 18.5 Å². The maximum atomic E-state index is 6.76. The number of nitrogens with zero attached hydrogens (tertiary/aromatic N) is 5. The van der Waals surface area contributed by atoms with Gasteiger partial charge < -0.3 is 21.4 Å². The summed E-state index contributed by atoms with van der Waals surface area (Å²) < 4.78 is 1.09. The van der Waals surface area contributed by atoms with E-state index in [9.17, 15) is 0 Å². The van der Waals surface area contributed by atoms with E-state index in [4.69, 9.17) is 28.1 Å². The summed E-state index contributed by atoms with van der Waals surface area (Å²) in [4.78, 5) is 24.3. The first-order valence-corrected chi connectivity index (χ1v) is 13.0. The number of benzene rings is 1. The molecule has 1 aromatic carbocycles. The van der Waals surface area contributed by atoms with Crippen LogP contribution in [0.5, 0.6) is 0 Å². The summed E-state index contributed by atoms with van der Waals surface area (Å²) >= 11 is 11.2. The largest absolute Gasteiger partial charge is 0.382 e. The van der Waals surface area contributed by atoms with Crippen LogP contribution in [0.2, 0.25) is 5.02 Å². The van der Waals surface area contributed by atoms with E-state index in [0.717, 1.165) is 47.7 Å². The van der Waals surface area contributed by atoms with Gasteiger partial charge in [0.15, 0.2) is 11.3 Å². The van der Waals surface area contributed by atoms with Crippen molar-refractivity contribution in [3.8, 4) is 0 Å². The van der Waals surface area contributed by atoms with E-state index < -0.39 is 0 Å². The van der Waals surface area contributed by atoms with Gasteiger partial charge in [-0.1, -0.05) is 45.4 Å². The standard InChI is InChI=1S/C23H22BrClN8S/c24-13-2-1-12-10-23(18(26)14(12)9-13)4-7-33(8-5-23)22-31-20-21(32-22)30-16(11-29-20)34-15-3-6-28-19(27)17(15)25/h1-3,6,9,11,18H,4-5,7-8,10,26H2,(H2,27,28)(H,29,30,31,32)/t18-/m1/s1. The molecule has 3 aromatic heterocycles. The smallest absolute Gasteiger partial charge is 0.206 e. The lowest BCUT2D eigenvalue weighted by molar-refractivity contribution is 0.187. The Bertz CT molecular complexity index is 1400. The van der Waals surface area contributed by atoms with Crippen molar-refractivity contribution >= 4 is 62.4 Å². The van der Waals surface area contributed by atoms with E-state index in [-0.39, 0.29) is 11.5 Å². The molecular weight excluding hydrogens is 536 g/mol. The molecule has 2 aliphatic rings. The molecule has 0 unspecified atom stereocenters. The molecule has 4 aromatic rings. The molecule has 1 aliphatic carbocycles. The van der Waals surface area contributed by atoms with Gasteiger partial charge in [0.05, 0.1) is 11.2 Å². The van der Waals surface area contributed by atoms with Crippen molar-refractivity contribution in [3.05, 3.63) is 57.3 Å². The number of rotatable bonds is 3. The molecular formula is C23H22BrClN8S. The molecule has 6 rings (SSSR count). The third-order valence-electron chi connectivity index (χ3n) is 6.97. The molecule has 0 radical (unpaired) electrons. The number of nitrogens with one attached hydrogen (secondary N) is 1. The van der Waals surface area contributed by atoms with Gasteiger partial charge >= 0.3 is 0 Å². The van der Waals surface area contributed by atoms with Crippen molar-refractivity contribution in [2.75, 3.05) is 23.7 Å². The molecule has 174 valence electrons. The molecule has 5 N–H and O–H groups in total. The zero-order valence-electron chi connectivity index (χ0n) is 18.1. The Morgan fingerprint density at radius 3 is 2.82 bits per heavy atom. The molecule has 1 atom stereocenters. The van der Waals surface area contributed by atoms with Gasteiger partial charge in [-0.25, -0.2) is 15.0 Å². The predicted molar refractivity (Wildman–Crippen MR) is 138 cm³/mol. The predicted octanol–water partition coefficient (Wildman–Crippen LogP) is 4.74. The molecule has 0 amide bonds. The van der Waals surface area contributed by atoms with Gasteiger partial charge in [-0.2, -0.15) is 4.98 Å². The second-order valence-corrected chi connectivity index (χ2v) is 11.3. The van der Waals surface area contributed by atoms with Gasteiger partial charge in [-0.3, -0.25) is 0 Å². The van der Waals surface area contributed by atoms with Crippen molar-refractivity contribution in [3.63, 3.8) is 0 Å². The monoisotopic (exact) mass is 556 g/mol. The van der Waals surface area contributed by atoms with Gasteiger partial charge in [-0.15, -0.1) is 0 Å². The molecule has 1 spiro atoms. The molecule has 0 bridgehead atoms. The lowest BCUT2D eigenvalue weighted by Gasteiger charge is -2.42. The highest BCUT2D eigenvalue weighted by molar-refractivity contribution is 9.10. The number of nitrogens with two attached hydrogens (primary N) is 2. The lowest BCUT2D eigenvalue weighted by atomic mass is 9.73. The fraction of sp³-hybridized carbons (Fsp3) is 0.304. The summed E-state index contributed by atoms with van der Waals surface area (Å²) in [5.74, 6) is 1.09. The van der Waals surface area contributed by atoms with E-state index in [1.807, 2.05) is 0 Å². The van der Waals surface area contributed by atoms with Crippen LogP contribution in [-0.2, 0) is 6.42 Å². The highest BCUT2D eigenvalue weighted by atomic mass is 79.9. The van der Waals surface area contributed by atoms with Crippen LogP contribution in [0.1, 0.15) is 30.0 Å². The number of nitrogen functional groups attached to an aromatic ring is 1. The zero-order chi connectivity index (χ0) is 23.4. The Hall–Kier alpha value is -2.40. The number of aromatic nitrogens is 5. The van der Waals surface area contributed by atoms with Crippen LogP contribution < -0.4 is 16.4 Å². The first kappa shape index (κ1) is 22.1. The number of H-pyrrole nitrogens is 1. The third-order valence-corrected chi connectivity index (χ3v) is 8.94. The van der Waals surface area contributed by atoms with Crippen LogP contribution in [0, 0.1) is 5.41 Å². The maximum absolute atomic E-state index is 6.76. The summed E-state index contributed by atoms with van der Waals surface area (Å²) in [7, 11) is 0. The number of fused-ring (bicyclic) bond motifs is 2. The first-order valence-electron chi connectivity index (χ1n) is 11.0. The highest BCUT2D eigenvalue weighted by Gasteiger charge is 2.46. The summed E-state index contributed by atoms with van der Waals surface area (Å²) in [6.45, 7) is 1.77. The average molecular weight is 558 g/mol. The van der Waals surface area contributed by atoms with Gasteiger partial charge in [-0.05, 0) is 54.0 Å². The number of anilines is 2. The SMILES string of the molecule is Nc1nccc(Sc2cnc3[nH]c(N4CCC5(CC4)Cc4ccc(Br)cc4[C@H]5N)nc3n2)c1Cl. The first-order chi connectivity index (χ1) is 16.4. The lowest BCUT2D eigenvalue weighted by Crippen LogP contribution is -2.44. The number of imidazole rings is 1. The van der Waals surface area contributed by atoms with E-state index in [2.05, 4.69) is 59.0 Å². The fourth-order valence-electron chi connectivity index (χ4n) is 5.08. The molecule has 0 saturated carbocycles. The number of hydrogen-bond donors (Lipinski definition) is 3. The second kappa shape index (κ2) is 8.37. The quantitative estimate of drug-likeness (QED) is 0.330. The normalized spacial score (nSPS) is 19.1. The van der Waals surface area contributed by atoms with Gasteiger partial charge in [0.1, 0.15) is 10.8 Å². The minimum atomic E-state index is 0.0646. The number of hydrogen-bond acceptors (Lipinski definition) is 8. The molecule has 34 heavy (non-hydrogen) atoms. The van der Waals surface area contributed by atoms with Crippen LogP contribution in [-0.4, -0.2) is 38.0 Å². The van der Waals surface area contributed by atoms with Gasteiger partial charge in [0.25, 0.3) is 0 Å². The van der Waals surface area contributed by atoms with E-state index >= 15 is 0 Å². The Morgan fingerprint density at radius 2 is 2.00 bits per heavy atom. The topological polar surface area (TPSA) is 123 Å². The molecule has 11 heteroatoms. The summed E-state index contributed by atoms with van der Waals surface area (Å²) in [6, 6.07) is 8.37. The van der Waals surface area contributed by atoms with E-state index in [1.165, 1.54) is 22.9 Å². The minimum absolute atomic E-state index is 0.0646. The number of halogens is 2. The Balaban J connectivity index is 1.19. The van der Waals surface area contributed by atoms with Crippen molar-refractivity contribution in [1.29, 1.82) is 0 Å². The zero-order valence-corrected chi connectivity index (χ0v) is 21.3. The maximum Gasteiger partial charge on any atom is 0.206 e. The van der Waals surface area contributed by atoms with Crippen LogP contribution >= 0.6 is 39.3 Å². The van der Waals surface area contributed by atoms with Gasteiger partial charge in [0, 0.05) is 34.7 Å². The van der Waals surface area contributed by atoms with Gasteiger partial charge in [0.2, 0.25) is 5.95 Å². The molecule has 1 saturated heterocycles. The molecule has 1 fully saturated rings. The van der Waals surface area contributed by atoms with Crippen molar-refractivity contribution in [2.24, 2.45) is 11.1 Å². The number of aromatic amines is 1. The third kappa shape index (κ3) is 3.73. The van der Waals surface area contributed by atoms with Crippen LogP contribution in [0.15, 0.2) is 51.1 Å². The van der Waals surface area contributed by atoms with Crippen LogP contribution in [0.4, 0.5) is 11.8 Å². The molecule has 8 nitrogen and oxygen atoms in total. The summed E-state index contributed by atoms with van der Waals surface area (Å²) in [5.41, 5.74) is 16.6. The van der Waals surface area contributed by atoms with Crippen LogP contribution in [0.25, 0.3) is 11.3 Å². The molecule has 4 heterocycles. The van der Waals surface area contributed by atoms with E-state index in [0.29, 0.717) is 27.2 Å². The molecule has 1 aliphatic heterocycles. The van der Waals surface area contributed by atoms with Crippen molar-refractivity contribution in [2.45, 2.75) is 35.2 Å². The Morgan fingerprint density at radius 1 is 1.18 bits per heavy atom. The summed E-state index contributed by atoms with van der Waals surface area (Å²) in [6.07, 6.45) is 6.40. The fourth-order valence-corrected chi connectivity index (χ4v) is 6.48. The minimum Gasteiger partial charge on any atom is -0.382 e. The van der Waals surface area contributed by atoms with Crippen molar-refractivity contribution < 1.29 is 0 Å². The van der Waals surface area contributed by atoms with Crippen LogP contribution in [0.3, 0.4) is 0 Å². The second-order valence-electron chi connectivity index (χ2n) is 8.90. The summed E-state index contributed by atoms with van der Waals surface area (Å²) in [5, 5.41) is 1.11. The Labute approximate surface area is 214 Å². The average Bonchev–Trinajstić information content (AvgIpc) is 3.37.